The second kappa shape index (κ2) is 10.6. The number of pyridine rings is 1. The summed E-state index contributed by atoms with van der Waals surface area (Å²) in [5, 5.41) is 4.47. The van der Waals surface area contributed by atoms with Crippen molar-refractivity contribution in [3.05, 3.63) is 48.7 Å². The molecule has 0 bridgehead atoms. The van der Waals surface area contributed by atoms with Crippen LogP contribution in [0.1, 0.15) is 0 Å². The lowest BCUT2D eigenvalue weighted by molar-refractivity contribution is 0.328. The molecule has 0 spiro atoms. The van der Waals surface area contributed by atoms with E-state index in [4.69, 9.17) is 19.9 Å². The minimum atomic E-state index is 0. The van der Waals surface area contributed by atoms with Gasteiger partial charge in [-0.2, -0.15) is 0 Å². The van der Waals surface area contributed by atoms with Crippen LogP contribution in [0.15, 0.2) is 48.7 Å². The van der Waals surface area contributed by atoms with Crippen LogP contribution in [0.5, 0.6) is 17.5 Å². The van der Waals surface area contributed by atoms with Gasteiger partial charge in [0.05, 0.1) is 31.8 Å². The Kier molecular flexibility index (Phi) is 8.87. The Hall–Kier alpha value is -2.48. The maximum atomic E-state index is 5.52. The van der Waals surface area contributed by atoms with Crippen LogP contribution in [-0.4, -0.2) is 42.1 Å². The second-order valence-electron chi connectivity index (χ2n) is 5.20. The molecule has 2 N–H and O–H groups in total. The van der Waals surface area contributed by atoms with Crippen molar-refractivity contribution in [3.63, 3.8) is 0 Å². The van der Waals surface area contributed by atoms with Crippen LogP contribution in [-0.2, 0) is 0 Å². The molecular formula is C18H22Cl2N4O3. The van der Waals surface area contributed by atoms with Crippen LogP contribution in [0.3, 0.4) is 0 Å². The molecule has 7 nitrogen and oxygen atoms in total. The maximum absolute atomic E-state index is 5.52. The van der Waals surface area contributed by atoms with Crippen LogP contribution in [0.2, 0.25) is 0 Å². The summed E-state index contributed by atoms with van der Waals surface area (Å²) < 4.78 is 17.7. The van der Waals surface area contributed by atoms with Crippen LogP contribution in [0.25, 0.3) is 16.9 Å². The molecule has 27 heavy (non-hydrogen) atoms. The van der Waals surface area contributed by atoms with Crippen LogP contribution in [0.4, 0.5) is 0 Å². The number of rotatable bonds is 7. The largest absolute Gasteiger partial charge is 0.492 e. The molecule has 146 valence electrons. The third kappa shape index (κ3) is 5.26. The predicted molar refractivity (Wildman–Crippen MR) is 109 cm³/mol. The van der Waals surface area contributed by atoms with Gasteiger partial charge < -0.3 is 19.9 Å². The zero-order chi connectivity index (χ0) is 17.6. The smallest absolute Gasteiger partial charge is 0.233 e. The van der Waals surface area contributed by atoms with E-state index in [2.05, 4.69) is 10.1 Å². The standard InChI is InChI=1S/C18H20N4O3.2ClH/c1-23-17-8-5-14(12-20-17)22-16(11-18(21-22)24-2)13-3-6-15(7-4-13)25-10-9-19;;/h3-8,11-12H,9-10,19H2,1-2H3;2*1H. The number of hydrogen-bond donors (Lipinski definition) is 1. The van der Waals surface area contributed by atoms with Gasteiger partial charge in [0.15, 0.2) is 0 Å². The molecule has 0 unspecified atom stereocenters. The summed E-state index contributed by atoms with van der Waals surface area (Å²) in [4.78, 5) is 4.24. The van der Waals surface area contributed by atoms with Crippen molar-refractivity contribution in [2.45, 2.75) is 0 Å². The minimum absolute atomic E-state index is 0. The lowest BCUT2D eigenvalue weighted by Crippen LogP contribution is -2.10. The van der Waals surface area contributed by atoms with Gasteiger partial charge in [-0.3, -0.25) is 0 Å². The zero-order valence-electron chi connectivity index (χ0n) is 15.0. The number of methoxy groups -OCH3 is 2. The Morgan fingerprint density at radius 1 is 0.963 bits per heavy atom. The van der Waals surface area contributed by atoms with Crippen molar-refractivity contribution in [1.29, 1.82) is 0 Å². The number of halogens is 2. The highest BCUT2D eigenvalue weighted by Crippen LogP contribution is 2.28. The Labute approximate surface area is 170 Å². The quantitative estimate of drug-likeness (QED) is 0.641. The summed E-state index contributed by atoms with van der Waals surface area (Å²) >= 11 is 0. The van der Waals surface area contributed by atoms with E-state index in [1.54, 1.807) is 31.2 Å². The molecule has 3 aromatic rings. The maximum Gasteiger partial charge on any atom is 0.233 e. The number of benzene rings is 1. The molecule has 0 saturated heterocycles. The summed E-state index contributed by atoms with van der Waals surface area (Å²) in [6.45, 7) is 0.971. The van der Waals surface area contributed by atoms with Gasteiger partial charge >= 0.3 is 0 Å². The Bertz CT molecular complexity index is 824. The first-order valence-electron chi connectivity index (χ1n) is 7.83. The molecule has 1 aromatic carbocycles. The van der Waals surface area contributed by atoms with Crippen molar-refractivity contribution >= 4 is 24.8 Å². The highest BCUT2D eigenvalue weighted by molar-refractivity contribution is 5.85. The molecule has 0 radical (unpaired) electrons. The number of hydrogen-bond acceptors (Lipinski definition) is 6. The lowest BCUT2D eigenvalue weighted by atomic mass is 10.1. The Morgan fingerprint density at radius 2 is 1.67 bits per heavy atom. The van der Waals surface area contributed by atoms with Crippen LogP contribution in [0, 0.1) is 0 Å². The fraction of sp³-hybridized carbons (Fsp3) is 0.222. The molecule has 0 saturated carbocycles. The molecule has 2 aromatic heterocycles. The van der Waals surface area contributed by atoms with Crippen molar-refractivity contribution in [1.82, 2.24) is 14.8 Å². The summed E-state index contributed by atoms with van der Waals surface area (Å²) in [6.07, 6.45) is 1.70. The highest BCUT2D eigenvalue weighted by Gasteiger charge is 2.13. The molecule has 0 atom stereocenters. The number of nitrogens with two attached hydrogens (primary N) is 1. The van der Waals surface area contributed by atoms with E-state index >= 15 is 0 Å². The van der Waals surface area contributed by atoms with Crippen molar-refractivity contribution in [2.24, 2.45) is 5.73 Å². The molecule has 0 aliphatic rings. The van der Waals surface area contributed by atoms with Gasteiger partial charge in [0.1, 0.15) is 12.4 Å². The first-order chi connectivity index (χ1) is 12.2. The second-order valence-corrected chi connectivity index (χ2v) is 5.20. The molecule has 2 heterocycles. The third-order valence-electron chi connectivity index (χ3n) is 3.61. The highest BCUT2D eigenvalue weighted by atomic mass is 35.5. The Morgan fingerprint density at radius 3 is 2.22 bits per heavy atom. The molecule has 0 aliphatic heterocycles. The third-order valence-corrected chi connectivity index (χ3v) is 3.61. The monoisotopic (exact) mass is 412 g/mol. The Balaban J connectivity index is 0.00000182. The molecule has 3 rings (SSSR count). The van der Waals surface area contributed by atoms with Crippen LogP contribution < -0.4 is 19.9 Å². The predicted octanol–water partition coefficient (Wildman–Crippen LogP) is 3.13. The summed E-state index contributed by atoms with van der Waals surface area (Å²) in [6, 6.07) is 13.3. The number of aromatic nitrogens is 3. The van der Waals surface area contributed by atoms with Crippen molar-refractivity contribution < 1.29 is 14.2 Å². The summed E-state index contributed by atoms with van der Waals surface area (Å²) in [5.74, 6) is 1.85. The van der Waals surface area contributed by atoms with E-state index in [9.17, 15) is 0 Å². The van der Waals surface area contributed by atoms with Crippen molar-refractivity contribution in [3.8, 4) is 34.5 Å². The SMILES string of the molecule is COc1ccc(-n2nc(OC)cc2-c2ccc(OCCN)cc2)cn1.Cl.Cl. The van der Waals surface area contributed by atoms with E-state index in [0.29, 0.717) is 24.9 Å². The van der Waals surface area contributed by atoms with Gasteiger partial charge in [-0.15, -0.1) is 29.9 Å². The van der Waals surface area contributed by atoms with Gasteiger partial charge in [0, 0.05) is 24.2 Å². The van der Waals surface area contributed by atoms with Gasteiger partial charge in [0.2, 0.25) is 11.8 Å². The summed E-state index contributed by atoms with van der Waals surface area (Å²) in [5.41, 5.74) is 8.12. The lowest BCUT2D eigenvalue weighted by Gasteiger charge is -2.09. The average molecular weight is 413 g/mol. The topological polar surface area (TPSA) is 84.4 Å². The fourth-order valence-corrected chi connectivity index (χ4v) is 2.38. The van der Waals surface area contributed by atoms with Gasteiger partial charge in [-0.1, -0.05) is 0 Å². The average Bonchev–Trinajstić information content (AvgIpc) is 3.11. The van der Waals surface area contributed by atoms with Gasteiger partial charge in [-0.25, -0.2) is 9.67 Å². The molecule has 9 heteroatoms. The van der Waals surface area contributed by atoms with Gasteiger partial charge in [-0.05, 0) is 30.3 Å². The first-order valence-corrected chi connectivity index (χ1v) is 7.83. The number of ether oxygens (including phenoxy) is 3. The molecule has 0 aliphatic carbocycles. The van der Waals surface area contributed by atoms with Crippen LogP contribution >= 0.6 is 24.8 Å². The fourth-order valence-electron chi connectivity index (χ4n) is 2.38. The van der Waals surface area contributed by atoms with E-state index in [1.807, 2.05) is 36.4 Å². The van der Waals surface area contributed by atoms with E-state index in [1.165, 1.54) is 0 Å². The number of nitrogens with zero attached hydrogens (tertiary/aromatic N) is 3. The normalized spacial score (nSPS) is 9.74. The van der Waals surface area contributed by atoms with E-state index in [-0.39, 0.29) is 24.8 Å². The summed E-state index contributed by atoms with van der Waals surface area (Å²) in [7, 11) is 3.17. The minimum Gasteiger partial charge on any atom is -0.492 e. The molecule has 0 amide bonds. The van der Waals surface area contributed by atoms with Crippen molar-refractivity contribution in [2.75, 3.05) is 27.4 Å². The molecule has 0 fully saturated rings. The van der Waals surface area contributed by atoms with Gasteiger partial charge in [0.25, 0.3) is 0 Å². The zero-order valence-corrected chi connectivity index (χ0v) is 16.6. The first kappa shape index (κ1) is 22.6. The van der Waals surface area contributed by atoms with E-state index < -0.39 is 0 Å². The molecular weight excluding hydrogens is 391 g/mol. The van der Waals surface area contributed by atoms with E-state index in [0.717, 1.165) is 22.7 Å².